The van der Waals surface area contributed by atoms with Gasteiger partial charge in [0, 0.05) is 18.8 Å². The van der Waals surface area contributed by atoms with Crippen molar-refractivity contribution in [3.05, 3.63) is 59.7 Å². The first kappa shape index (κ1) is 18.3. The summed E-state index contributed by atoms with van der Waals surface area (Å²) < 4.78 is 44.3. The number of amides is 1. The lowest BCUT2D eigenvalue weighted by Crippen LogP contribution is -2.30. The van der Waals surface area contributed by atoms with Gasteiger partial charge in [0.05, 0.1) is 23.8 Å². The molecule has 3 rings (SSSR count). The molecular weight excluding hydrogens is 345 g/mol. The SMILES string of the molecule is O=C(NCc1ccc(Nc2ccccc2C(F)(F)F)cc1)[C@@H]1CCOC1. The molecule has 138 valence electrons. The van der Waals surface area contributed by atoms with E-state index in [0.29, 0.717) is 25.4 Å². The number of alkyl halides is 3. The highest BCUT2D eigenvalue weighted by Crippen LogP contribution is 2.35. The van der Waals surface area contributed by atoms with Gasteiger partial charge in [-0.1, -0.05) is 24.3 Å². The molecule has 0 radical (unpaired) electrons. The molecule has 0 bridgehead atoms. The van der Waals surface area contributed by atoms with Crippen LogP contribution >= 0.6 is 0 Å². The minimum Gasteiger partial charge on any atom is -0.381 e. The van der Waals surface area contributed by atoms with Gasteiger partial charge in [-0.15, -0.1) is 0 Å². The molecule has 26 heavy (non-hydrogen) atoms. The smallest absolute Gasteiger partial charge is 0.381 e. The van der Waals surface area contributed by atoms with E-state index in [1.165, 1.54) is 12.1 Å². The third-order valence-corrected chi connectivity index (χ3v) is 4.23. The molecule has 1 fully saturated rings. The average Bonchev–Trinajstić information content (AvgIpc) is 3.15. The fourth-order valence-electron chi connectivity index (χ4n) is 2.78. The van der Waals surface area contributed by atoms with E-state index in [1.54, 1.807) is 30.3 Å². The van der Waals surface area contributed by atoms with Crippen molar-refractivity contribution in [3.8, 4) is 0 Å². The number of hydrogen-bond donors (Lipinski definition) is 2. The highest BCUT2D eigenvalue weighted by molar-refractivity contribution is 5.79. The maximum Gasteiger partial charge on any atom is 0.418 e. The van der Waals surface area contributed by atoms with E-state index in [-0.39, 0.29) is 17.5 Å². The minimum atomic E-state index is -4.42. The van der Waals surface area contributed by atoms with Gasteiger partial charge in [0.1, 0.15) is 0 Å². The molecule has 0 aromatic heterocycles. The second-order valence-electron chi connectivity index (χ2n) is 6.14. The Balaban J connectivity index is 1.61. The van der Waals surface area contributed by atoms with E-state index < -0.39 is 11.7 Å². The number of ether oxygens (including phenoxy) is 1. The van der Waals surface area contributed by atoms with Crippen LogP contribution < -0.4 is 10.6 Å². The summed E-state index contributed by atoms with van der Waals surface area (Å²) in [6.07, 6.45) is -3.69. The van der Waals surface area contributed by atoms with Crippen molar-refractivity contribution in [3.63, 3.8) is 0 Å². The third kappa shape index (κ3) is 4.54. The topological polar surface area (TPSA) is 50.4 Å². The molecule has 0 aliphatic carbocycles. The first-order chi connectivity index (χ1) is 12.4. The van der Waals surface area contributed by atoms with Crippen molar-refractivity contribution in [2.45, 2.75) is 19.1 Å². The maximum absolute atomic E-state index is 13.0. The van der Waals surface area contributed by atoms with Crippen molar-refractivity contribution in [1.29, 1.82) is 0 Å². The molecule has 1 amide bonds. The summed E-state index contributed by atoms with van der Waals surface area (Å²) in [5.41, 5.74) is 0.699. The molecule has 2 aromatic carbocycles. The Bertz CT molecular complexity index is 754. The van der Waals surface area contributed by atoms with E-state index in [2.05, 4.69) is 10.6 Å². The summed E-state index contributed by atoms with van der Waals surface area (Å²) in [5, 5.41) is 5.64. The normalized spacial score (nSPS) is 17.1. The lowest BCUT2D eigenvalue weighted by Gasteiger charge is -2.15. The Kier molecular flexibility index (Phi) is 5.46. The minimum absolute atomic E-state index is 0.00212. The zero-order valence-electron chi connectivity index (χ0n) is 14.0. The monoisotopic (exact) mass is 364 g/mol. The van der Waals surface area contributed by atoms with Crippen LogP contribution in [0.4, 0.5) is 24.5 Å². The van der Waals surface area contributed by atoms with Gasteiger partial charge in [0.25, 0.3) is 0 Å². The van der Waals surface area contributed by atoms with Gasteiger partial charge in [0.15, 0.2) is 0 Å². The van der Waals surface area contributed by atoms with Crippen LogP contribution in [0, 0.1) is 5.92 Å². The van der Waals surface area contributed by atoms with E-state index in [4.69, 9.17) is 4.74 Å². The molecule has 0 spiro atoms. The quantitative estimate of drug-likeness (QED) is 0.840. The summed E-state index contributed by atoms with van der Waals surface area (Å²) >= 11 is 0. The molecule has 2 N–H and O–H groups in total. The summed E-state index contributed by atoms with van der Waals surface area (Å²) in [7, 11) is 0. The summed E-state index contributed by atoms with van der Waals surface area (Å²) in [6.45, 7) is 1.43. The van der Waals surface area contributed by atoms with Crippen LogP contribution in [0.25, 0.3) is 0 Å². The molecule has 1 aliphatic heterocycles. The Labute approximate surface area is 149 Å². The van der Waals surface area contributed by atoms with Crippen LogP contribution in [0.1, 0.15) is 17.5 Å². The molecule has 2 aromatic rings. The van der Waals surface area contributed by atoms with Crippen molar-refractivity contribution in [2.24, 2.45) is 5.92 Å². The first-order valence-electron chi connectivity index (χ1n) is 8.31. The van der Waals surface area contributed by atoms with Crippen LogP contribution in [0.15, 0.2) is 48.5 Å². The van der Waals surface area contributed by atoms with Crippen LogP contribution in [0.2, 0.25) is 0 Å². The highest BCUT2D eigenvalue weighted by atomic mass is 19.4. The van der Waals surface area contributed by atoms with Crippen molar-refractivity contribution >= 4 is 17.3 Å². The number of hydrogen-bond acceptors (Lipinski definition) is 3. The average molecular weight is 364 g/mol. The second-order valence-corrected chi connectivity index (χ2v) is 6.14. The van der Waals surface area contributed by atoms with Gasteiger partial charge in [-0.25, -0.2) is 0 Å². The molecule has 0 saturated carbocycles. The van der Waals surface area contributed by atoms with Gasteiger partial charge in [-0.3, -0.25) is 4.79 Å². The van der Waals surface area contributed by atoms with Crippen LogP contribution in [-0.4, -0.2) is 19.1 Å². The number of halogens is 3. The fourth-order valence-corrected chi connectivity index (χ4v) is 2.78. The number of rotatable bonds is 5. The molecule has 4 nitrogen and oxygen atoms in total. The number of carbonyl (C=O) groups is 1. The number of carbonyl (C=O) groups excluding carboxylic acids is 1. The molecule has 1 aliphatic rings. The Morgan fingerprint density at radius 2 is 1.85 bits per heavy atom. The largest absolute Gasteiger partial charge is 0.418 e. The summed E-state index contributed by atoms with van der Waals surface area (Å²) in [6, 6.07) is 12.2. The zero-order chi connectivity index (χ0) is 18.6. The molecule has 1 atom stereocenters. The number of benzene rings is 2. The fraction of sp³-hybridized carbons (Fsp3) is 0.316. The van der Waals surface area contributed by atoms with Crippen LogP contribution in [-0.2, 0) is 22.3 Å². The standard InChI is InChI=1S/C19H19F3N2O2/c20-19(21,22)16-3-1-2-4-17(16)24-15-7-5-13(6-8-15)11-23-18(25)14-9-10-26-12-14/h1-8,14,24H,9-12H2,(H,23,25)/t14-/m1/s1. The number of para-hydroxylation sites is 1. The van der Waals surface area contributed by atoms with Gasteiger partial charge in [-0.2, -0.15) is 13.2 Å². The van der Waals surface area contributed by atoms with Gasteiger partial charge in [0.2, 0.25) is 5.91 Å². The Hall–Kier alpha value is -2.54. The molecule has 1 saturated heterocycles. The van der Waals surface area contributed by atoms with Crippen molar-refractivity contribution in [1.82, 2.24) is 5.32 Å². The number of anilines is 2. The summed E-state index contributed by atoms with van der Waals surface area (Å²) in [5.74, 6) is -0.140. The number of nitrogens with one attached hydrogen (secondary N) is 2. The first-order valence-corrected chi connectivity index (χ1v) is 8.31. The van der Waals surface area contributed by atoms with Gasteiger partial charge >= 0.3 is 6.18 Å². The van der Waals surface area contributed by atoms with Crippen LogP contribution in [0.3, 0.4) is 0 Å². The Morgan fingerprint density at radius 1 is 1.12 bits per heavy atom. The summed E-state index contributed by atoms with van der Waals surface area (Å²) in [4.78, 5) is 11.9. The van der Waals surface area contributed by atoms with E-state index in [1.807, 2.05) is 0 Å². The molecular formula is C19H19F3N2O2. The van der Waals surface area contributed by atoms with Crippen molar-refractivity contribution in [2.75, 3.05) is 18.5 Å². The van der Waals surface area contributed by atoms with Crippen LogP contribution in [0.5, 0.6) is 0 Å². The predicted molar refractivity (Wildman–Crippen MR) is 91.9 cm³/mol. The van der Waals surface area contributed by atoms with E-state index in [0.717, 1.165) is 18.1 Å². The van der Waals surface area contributed by atoms with Gasteiger partial charge < -0.3 is 15.4 Å². The predicted octanol–water partition coefficient (Wildman–Crippen LogP) is 4.10. The molecule has 1 heterocycles. The lowest BCUT2D eigenvalue weighted by molar-refractivity contribution is -0.137. The Morgan fingerprint density at radius 3 is 2.50 bits per heavy atom. The van der Waals surface area contributed by atoms with E-state index >= 15 is 0 Å². The highest BCUT2D eigenvalue weighted by Gasteiger charge is 2.33. The van der Waals surface area contributed by atoms with Gasteiger partial charge in [-0.05, 0) is 36.2 Å². The molecule has 0 unspecified atom stereocenters. The zero-order valence-corrected chi connectivity index (χ0v) is 14.0. The van der Waals surface area contributed by atoms with E-state index in [9.17, 15) is 18.0 Å². The lowest BCUT2D eigenvalue weighted by atomic mass is 10.1. The maximum atomic E-state index is 13.0. The third-order valence-electron chi connectivity index (χ3n) is 4.23. The second kappa shape index (κ2) is 7.78. The molecule has 7 heteroatoms. The van der Waals surface area contributed by atoms with Crippen molar-refractivity contribution < 1.29 is 22.7 Å².